The van der Waals surface area contributed by atoms with E-state index < -0.39 is 0 Å². The monoisotopic (exact) mass is 431 g/mol. The molecule has 2 aromatic rings. The van der Waals surface area contributed by atoms with Crippen molar-refractivity contribution in [1.29, 1.82) is 0 Å². The van der Waals surface area contributed by atoms with Crippen molar-refractivity contribution in [3.63, 3.8) is 0 Å². The van der Waals surface area contributed by atoms with Crippen LogP contribution in [0.1, 0.15) is 29.8 Å². The molecule has 1 aliphatic heterocycles. The van der Waals surface area contributed by atoms with Gasteiger partial charge in [0.05, 0.1) is 17.3 Å². The van der Waals surface area contributed by atoms with Gasteiger partial charge in [-0.15, -0.1) is 0 Å². The first-order valence-electron chi connectivity index (χ1n) is 9.85. The van der Waals surface area contributed by atoms with Crippen LogP contribution in [0.5, 0.6) is 11.5 Å². The lowest BCUT2D eigenvalue weighted by atomic mass is 10.1. The molecule has 0 radical (unpaired) electrons. The fraction of sp³-hybridized carbons (Fsp3) is 0.364. The van der Waals surface area contributed by atoms with Gasteiger partial charge in [0.1, 0.15) is 13.2 Å². The van der Waals surface area contributed by atoms with E-state index in [1.54, 1.807) is 30.3 Å². The summed E-state index contributed by atoms with van der Waals surface area (Å²) in [6.07, 6.45) is 0. The van der Waals surface area contributed by atoms with Crippen LogP contribution in [0.15, 0.2) is 30.3 Å². The van der Waals surface area contributed by atoms with Crippen molar-refractivity contribution in [3.8, 4) is 11.5 Å². The van der Waals surface area contributed by atoms with Gasteiger partial charge in [0.15, 0.2) is 11.5 Å². The van der Waals surface area contributed by atoms with Gasteiger partial charge >= 0.3 is 0 Å². The maximum absolute atomic E-state index is 12.4. The first-order chi connectivity index (χ1) is 14.3. The average molecular weight is 432 g/mol. The van der Waals surface area contributed by atoms with Crippen molar-refractivity contribution in [2.45, 2.75) is 20.8 Å². The number of benzene rings is 2. The van der Waals surface area contributed by atoms with Crippen molar-refractivity contribution in [2.75, 3.05) is 36.9 Å². The largest absolute Gasteiger partial charge is 0.486 e. The van der Waals surface area contributed by atoms with Crippen LogP contribution < -0.4 is 25.4 Å². The maximum Gasteiger partial charge on any atom is 0.251 e. The standard InChI is InChI=1S/C22H26ClN3O4/c1-13(2)11-25-22(28)15-4-5-17(14(3)8-15)24-12-21(27)26-18-10-20-19(9-16(18)23)29-6-7-30-20/h4-5,8-10,13,24H,6-7,11-12H2,1-3H3,(H,25,28)(H,26,27). The summed E-state index contributed by atoms with van der Waals surface area (Å²) in [4.78, 5) is 24.6. The molecule has 3 N–H and O–H groups in total. The van der Waals surface area contributed by atoms with E-state index in [1.807, 2.05) is 20.8 Å². The van der Waals surface area contributed by atoms with Gasteiger partial charge in [-0.3, -0.25) is 9.59 Å². The minimum absolute atomic E-state index is 0.0461. The fourth-order valence-corrected chi connectivity index (χ4v) is 3.13. The highest BCUT2D eigenvalue weighted by Crippen LogP contribution is 2.37. The van der Waals surface area contributed by atoms with Crippen LogP contribution >= 0.6 is 11.6 Å². The van der Waals surface area contributed by atoms with Crippen molar-refractivity contribution in [2.24, 2.45) is 5.92 Å². The van der Waals surface area contributed by atoms with Crippen LogP contribution in [0.2, 0.25) is 5.02 Å². The van der Waals surface area contributed by atoms with E-state index in [0.717, 1.165) is 11.3 Å². The summed E-state index contributed by atoms with van der Waals surface area (Å²) < 4.78 is 11.0. The number of ether oxygens (including phenoxy) is 2. The quantitative estimate of drug-likeness (QED) is 0.619. The van der Waals surface area contributed by atoms with Crippen molar-refractivity contribution >= 4 is 34.8 Å². The summed E-state index contributed by atoms with van der Waals surface area (Å²) in [5.41, 5.74) is 2.70. The second kappa shape index (κ2) is 9.71. The van der Waals surface area contributed by atoms with E-state index in [0.29, 0.717) is 53.4 Å². The SMILES string of the molecule is Cc1cc(C(=O)NCC(C)C)ccc1NCC(=O)Nc1cc2c(cc1Cl)OCCO2. The summed E-state index contributed by atoms with van der Waals surface area (Å²) in [6, 6.07) is 8.62. The molecule has 160 valence electrons. The molecular formula is C22H26ClN3O4. The van der Waals surface area contributed by atoms with Crippen molar-refractivity contribution in [3.05, 3.63) is 46.5 Å². The van der Waals surface area contributed by atoms with E-state index in [4.69, 9.17) is 21.1 Å². The van der Waals surface area contributed by atoms with E-state index >= 15 is 0 Å². The number of hydrogen-bond acceptors (Lipinski definition) is 5. The Bertz CT molecular complexity index is 946. The second-order valence-corrected chi connectivity index (χ2v) is 7.92. The Balaban J connectivity index is 1.58. The first kappa shape index (κ1) is 21.8. The molecule has 0 fully saturated rings. The molecule has 30 heavy (non-hydrogen) atoms. The molecule has 0 unspecified atom stereocenters. The third-order valence-electron chi connectivity index (χ3n) is 4.50. The molecule has 0 atom stereocenters. The Hall–Kier alpha value is -2.93. The van der Waals surface area contributed by atoms with Gasteiger partial charge in [0.2, 0.25) is 5.91 Å². The molecule has 0 aromatic heterocycles. The minimum Gasteiger partial charge on any atom is -0.486 e. The molecule has 0 aliphatic carbocycles. The zero-order valence-electron chi connectivity index (χ0n) is 17.3. The topological polar surface area (TPSA) is 88.7 Å². The van der Waals surface area contributed by atoms with Crippen LogP contribution in [-0.2, 0) is 4.79 Å². The molecule has 0 saturated heterocycles. The number of hydrogen-bond donors (Lipinski definition) is 3. The number of halogens is 1. The number of anilines is 2. The van der Waals surface area contributed by atoms with Gasteiger partial charge in [-0.2, -0.15) is 0 Å². The molecule has 7 nitrogen and oxygen atoms in total. The smallest absolute Gasteiger partial charge is 0.251 e. The summed E-state index contributed by atoms with van der Waals surface area (Å²) in [6.45, 7) is 7.57. The number of aryl methyl sites for hydroxylation is 1. The average Bonchev–Trinajstić information content (AvgIpc) is 2.71. The molecule has 0 spiro atoms. The molecule has 2 amide bonds. The van der Waals surface area contributed by atoms with Crippen LogP contribution in [0, 0.1) is 12.8 Å². The van der Waals surface area contributed by atoms with Crippen LogP contribution in [0.25, 0.3) is 0 Å². The Morgan fingerprint density at radius 3 is 2.43 bits per heavy atom. The lowest BCUT2D eigenvalue weighted by Crippen LogP contribution is -2.27. The number of nitrogens with one attached hydrogen (secondary N) is 3. The summed E-state index contributed by atoms with van der Waals surface area (Å²) in [7, 11) is 0. The number of amides is 2. The third-order valence-corrected chi connectivity index (χ3v) is 4.82. The number of carbonyl (C=O) groups is 2. The highest BCUT2D eigenvalue weighted by molar-refractivity contribution is 6.34. The normalized spacial score (nSPS) is 12.4. The molecule has 2 aromatic carbocycles. The second-order valence-electron chi connectivity index (χ2n) is 7.51. The Labute approximate surface area is 181 Å². The van der Waals surface area contributed by atoms with Gasteiger partial charge in [-0.25, -0.2) is 0 Å². The molecule has 0 saturated carbocycles. The van der Waals surface area contributed by atoms with Crippen molar-refractivity contribution in [1.82, 2.24) is 5.32 Å². The Morgan fingerprint density at radius 2 is 1.77 bits per heavy atom. The van der Waals surface area contributed by atoms with Gasteiger partial charge in [-0.1, -0.05) is 25.4 Å². The Kier molecular flexibility index (Phi) is 7.05. The Morgan fingerprint density at radius 1 is 1.07 bits per heavy atom. The van der Waals surface area contributed by atoms with Crippen LogP contribution in [0.4, 0.5) is 11.4 Å². The minimum atomic E-state index is -0.258. The highest BCUT2D eigenvalue weighted by Gasteiger charge is 2.16. The maximum atomic E-state index is 12.4. The lowest BCUT2D eigenvalue weighted by molar-refractivity contribution is -0.114. The van der Waals surface area contributed by atoms with Crippen LogP contribution in [-0.4, -0.2) is 38.1 Å². The van der Waals surface area contributed by atoms with E-state index in [1.165, 1.54) is 0 Å². The molecule has 1 aliphatic rings. The van der Waals surface area contributed by atoms with Crippen molar-refractivity contribution < 1.29 is 19.1 Å². The molecule has 3 rings (SSSR count). The molecular weight excluding hydrogens is 406 g/mol. The van der Waals surface area contributed by atoms with E-state index in [-0.39, 0.29) is 18.4 Å². The zero-order valence-corrected chi connectivity index (χ0v) is 18.1. The lowest BCUT2D eigenvalue weighted by Gasteiger charge is -2.20. The third kappa shape index (κ3) is 5.57. The number of fused-ring (bicyclic) bond motifs is 1. The van der Waals surface area contributed by atoms with Gasteiger partial charge in [-0.05, 0) is 36.6 Å². The van der Waals surface area contributed by atoms with Gasteiger partial charge in [0, 0.05) is 29.9 Å². The molecule has 8 heteroatoms. The van der Waals surface area contributed by atoms with E-state index in [9.17, 15) is 9.59 Å². The van der Waals surface area contributed by atoms with Crippen LogP contribution in [0.3, 0.4) is 0 Å². The number of carbonyl (C=O) groups excluding carboxylic acids is 2. The predicted octanol–water partition coefficient (Wildman–Crippen LogP) is 3.86. The number of rotatable bonds is 7. The first-order valence-corrected chi connectivity index (χ1v) is 10.2. The van der Waals surface area contributed by atoms with Gasteiger partial charge in [0.25, 0.3) is 5.91 Å². The highest BCUT2D eigenvalue weighted by atomic mass is 35.5. The molecule has 0 bridgehead atoms. The van der Waals surface area contributed by atoms with Gasteiger partial charge < -0.3 is 25.4 Å². The molecule has 1 heterocycles. The predicted molar refractivity (Wildman–Crippen MR) is 118 cm³/mol. The summed E-state index contributed by atoms with van der Waals surface area (Å²) >= 11 is 6.23. The summed E-state index contributed by atoms with van der Waals surface area (Å²) in [5.74, 6) is 1.14. The fourth-order valence-electron chi connectivity index (χ4n) is 2.93. The van der Waals surface area contributed by atoms with E-state index in [2.05, 4.69) is 16.0 Å². The summed E-state index contributed by atoms with van der Waals surface area (Å²) in [5, 5.41) is 9.13. The zero-order chi connectivity index (χ0) is 21.7.